The Bertz CT molecular complexity index is 337. The lowest BCUT2D eigenvalue weighted by atomic mass is 9.80. The Morgan fingerprint density at radius 2 is 2.00 bits per heavy atom. The van der Waals surface area contributed by atoms with Crippen molar-refractivity contribution in [3.8, 4) is 0 Å². The van der Waals surface area contributed by atoms with Gasteiger partial charge in [-0.1, -0.05) is 13.8 Å². The van der Waals surface area contributed by atoms with E-state index in [1.165, 1.54) is 31.5 Å². The van der Waals surface area contributed by atoms with E-state index in [9.17, 15) is 0 Å². The summed E-state index contributed by atoms with van der Waals surface area (Å²) >= 11 is 1.77. The second-order valence-corrected chi connectivity index (χ2v) is 6.23. The molecule has 2 nitrogen and oxygen atoms in total. The first-order valence-corrected chi connectivity index (χ1v) is 8.19. The summed E-state index contributed by atoms with van der Waals surface area (Å²) in [5.41, 5.74) is 8.22. The van der Waals surface area contributed by atoms with Gasteiger partial charge in [0.2, 0.25) is 0 Å². The highest BCUT2D eigenvalue weighted by Gasteiger charge is 2.40. The Labute approximate surface area is 115 Å². The van der Waals surface area contributed by atoms with Gasteiger partial charge in [-0.3, -0.25) is 4.90 Å². The maximum Gasteiger partial charge on any atom is 0.0358 e. The Kier molecular flexibility index (Phi) is 4.82. The number of rotatable bonds is 6. The van der Waals surface area contributed by atoms with E-state index in [0.29, 0.717) is 0 Å². The minimum Gasteiger partial charge on any atom is -0.326 e. The van der Waals surface area contributed by atoms with Gasteiger partial charge in [0.25, 0.3) is 0 Å². The second-order valence-electron chi connectivity index (χ2n) is 5.45. The van der Waals surface area contributed by atoms with Crippen molar-refractivity contribution in [3.05, 3.63) is 22.4 Å². The van der Waals surface area contributed by atoms with Crippen molar-refractivity contribution in [2.45, 2.75) is 57.5 Å². The van der Waals surface area contributed by atoms with E-state index >= 15 is 0 Å². The Morgan fingerprint density at radius 1 is 1.33 bits per heavy atom. The van der Waals surface area contributed by atoms with Gasteiger partial charge in [-0.05, 0) is 67.6 Å². The van der Waals surface area contributed by atoms with Crippen LogP contribution in [-0.2, 0) is 6.42 Å². The third-order valence-corrected chi connectivity index (χ3v) is 5.42. The smallest absolute Gasteiger partial charge is 0.0358 e. The van der Waals surface area contributed by atoms with Crippen LogP contribution in [0.5, 0.6) is 0 Å². The second kappa shape index (κ2) is 6.18. The van der Waals surface area contributed by atoms with Gasteiger partial charge < -0.3 is 5.73 Å². The molecule has 1 aromatic rings. The molecule has 3 heteroatoms. The van der Waals surface area contributed by atoms with Crippen molar-refractivity contribution in [2.75, 3.05) is 13.1 Å². The SMILES string of the molecule is CCC(CC)(C(N)Cc1ccsc1)N1CCCC1. The third kappa shape index (κ3) is 2.63. The molecule has 0 bridgehead atoms. The third-order valence-electron chi connectivity index (χ3n) is 4.69. The van der Waals surface area contributed by atoms with Gasteiger partial charge in [0.1, 0.15) is 0 Å². The molecule has 2 heterocycles. The number of hydrogen-bond acceptors (Lipinski definition) is 3. The van der Waals surface area contributed by atoms with Crippen LogP contribution in [0.3, 0.4) is 0 Å². The van der Waals surface area contributed by atoms with Gasteiger partial charge >= 0.3 is 0 Å². The Hall–Kier alpha value is -0.380. The standard InChI is InChI=1S/C15H26N2S/c1-3-15(4-2,17-8-5-6-9-17)14(16)11-13-7-10-18-12-13/h7,10,12,14H,3-6,8-9,11,16H2,1-2H3. The molecule has 1 saturated heterocycles. The summed E-state index contributed by atoms with van der Waals surface area (Å²) in [6, 6.07) is 2.46. The molecule has 0 aromatic carbocycles. The summed E-state index contributed by atoms with van der Waals surface area (Å²) in [5.74, 6) is 0. The van der Waals surface area contributed by atoms with Crippen molar-refractivity contribution in [1.82, 2.24) is 4.90 Å². The van der Waals surface area contributed by atoms with Crippen LogP contribution >= 0.6 is 11.3 Å². The largest absolute Gasteiger partial charge is 0.326 e. The molecular weight excluding hydrogens is 240 g/mol. The van der Waals surface area contributed by atoms with Crippen molar-refractivity contribution in [3.63, 3.8) is 0 Å². The number of likely N-dealkylation sites (tertiary alicyclic amines) is 1. The van der Waals surface area contributed by atoms with Gasteiger partial charge in [-0.15, -0.1) is 0 Å². The van der Waals surface area contributed by atoms with E-state index in [0.717, 1.165) is 19.3 Å². The average Bonchev–Trinajstić information content (AvgIpc) is 3.04. The summed E-state index contributed by atoms with van der Waals surface area (Å²) in [5, 5.41) is 4.39. The Morgan fingerprint density at radius 3 is 2.50 bits per heavy atom. The first-order valence-electron chi connectivity index (χ1n) is 7.24. The maximum absolute atomic E-state index is 6.61. The highest BCUT2D eigenvalue weighted by Crippen LogP contribution is 2.32. The number of nitrogens with zero attached hydrogens (tertiary/aromatic N) is 1. The molecule has 1 unspecified atom stereocenters. The summed E-state index contributed by atoms with van der Waals surface area (Å²) in [6.07, 6.45) is 6.02. The molecule has 1 atom stereocenters. The quantitative estimate of drug-likeness (QED) is 0.856. The van der Waals surface area contributed by atoms with Crippen LogP contribution in [0.2, 0.25) is 0 Å². The van der Waals surface area contributed by atoms with Gasteiger partial charge in [-0.25, -0.2) is 0 Å². The summed E-state index contributed by atoms with van der Waals surface area (Å²) in [4.78, 5) is 2.66. The maximum atomic E-state index is 6.61. The number of hydrogen-bond donors (Lipinski definition) is 1. The Balaban J connectivity index is 2.12. The first-order chi connectivity index (χ1) is 8.73. The molecule has 102 valence electrons. The zero-order valence-electron chi connectivity index (χ0n) is 11.7. The predicted octanol–water partition coefficient (Wildman–Crippen LogP) is 3.27. The van der Waals surface area contributed by atoms with Crippen LogP contribution in [-0.4, -0.2) is 29.6 Å². The van der Waals surface area contributed by atoms with Crippen LogP contribution in [0, 0.1) is 0 Å². The molecule has 0 saturated carbocycles. The zero-order valence-corrected chi connectivity index (χ0v) is 12.5. The van der Waals surface area contributed by atoms with Crippen LogP contribution in [0.15, 0.2) is 16.8 Å². The molecule has 2 rings (SSSR count). The summed E-state index contributed by atoms with van der Waals surface area (Å²) in [7, 11) is 0. The van der Waals surface area contributed by atoms with Crippen molar-refractivity contribution in [1.29, 1.82) is 0 Å². The summed E-state index contributed by atoms with van der Waals surface area (Å²) in [6.45, 7) is 7.07. The van der Waals surface area contributed by atoms with E-state index in [1.807, 2.05) is 0 Å². The molecule has 0 radical (unpaired) electrons. The number of nitrogens with two attached hydrogens (primary N) is 1. The lowest BCUT2D eigenvalue weighted by molar-refractivity contribution is 0.0769. The monoisotopic (exact) mass is 266 g/mol. The highest BCUT2D eigenvalue weighted by molar-refractivity contribution is 7.07. The molecular formula is C15H26N2S. The molecule has 1 aromatic heterocycles. The fraction of sp³-hybridized carbons (Fsp3) is 0.733. The molecule has 1 aliphatic rings. The molecule has 1 aliphatic heterocycles. The van der Waals surface area contributed by atoms with E-state index in [-0.39, 0.29) is 11.6 Å². The van der Waals surface area contributed by atoms with Crippen LogP contribution < -0.4 is 5.73 Å². The average molecular weight is 266 g/mol. The van der Waals surface area contributed by atoms with Crippen LogP contribution in [0.1, 0.15) is 45.1 Å². The topological polar surface area (TPSA) is 29.3 Å². The molecule has 2 N–H and O–H groups in total. The van der Waals surface area contributed by atoms with Crippen LogP contribution in [0.4, 0.5) is 0 Å². The molecule has 18 heavy (non-hydrogen) atoms. The van der Waals surface area contributed by atoms with E-state index < -0.39 is 0 Å². The number of thiophene rings is 1. The minimum atomic E-state index is 0.207. The van der Waals surface area contributed by atoms with Crippen LogP contribution in [0.25, 0.3) is 0 Å². The van der Waals surface area contributed by atoms with Crippen molar-refractivity contribution in [2.24, 2.45) is 5.73 Å². The van der Waals surface area contributed by atoms with Crippen molar-refractivity contribution < 1.29 is 0 Å². The molecule has 0 aliphatic carbocycles. The highest BCUT2D eigenvalue weighted by atomic mass is 32.1. The van der Waals surface area contributed by atoms with Gasteiger partial charge in [-0.2, -0.15) is 11.3 Å². The van der Waals surface area contributed by atoms with Crippen molar-refractivity contribution >= 4 is 11.3 Å². The van der Waals surface area contributed by atoms with E-state index in [4.69, 9.17) is 5.73 Å². The molecule has 0 amide bonds. The van der Waals surface area contributed by atoms with Gasteiger partial charge in [0, 0.05) is 11.6 Å². The lowest BCUT2D eigenvalue weighted by Crippen LogP contribution is -2.59. The fourth-order valence-corrected chi connectivity index (χ4v) is 4.15. The molecule has 1 fully saturated rings. The summed E-state index contributed by atoms with van der Waals surface area (Å²) < 4.78 is 0. The lowest BCUT2D eigenvalue weighted by Gasteiger charge is -2.45. The minimum absolute atomic E-state index is 0.207. The van der Waals surface area contributed by atoms with Gasteiger partial charge in [0.15, 0.2) is 0 Å². The normalized spacial score (nSPS) is 19.3. The van der Waals surface area contributed by atoms with E-state index in [2.05, 4.69) is 35.6 Å². The molecule has 0 spiro atoms. The van der Waals surface area contributed by atoms with E-state index in [1.54, 1.807) is 11.3 Å². The van der Waals surface area contributed by atoms with Gasteiger partial charge in [0.05, 0.1) is 0 Å². The predicted molar refractivity (Wildman–Crippen MR) is 80.1 cm³/mol. The zero-order chi connectivity index (χ0) is 13.0. The first kappa shape index (κ1) is 14.0. The fourth-order valence-electron chi connectivity index (χ4n) is 3.47.